The third-order valence-corrected chi connectivity index (χ3v) is 5.55. The van der Waals surface area contributed by atoms with E-state index in [2.05, 4.69) is 18.2 Å². The highest BCUT2D eigenvalue weighted by Crippen LogP contribution is 2.42. The van der Waals surface area contributed by atoms with Crippen LogP contribution in [0.1, 0.15) is 55.6 Å². The van der Waals surface area contributed by atoms with Crippen LogP contribution in [0.2, 0.25) is 5.02 Å². The van der Waals surface area contributed by atoms with E-state index in [4.69, 9.17) is 22.1 Å². The second-order valence-corrected chi connectivity index (χ2v) is 6.72. The van der Waals surface area contributed by atoms with Crippen LogP contribution >= 0.6 is 11.6 Å². The molecule has 2 aliphatic rings. The molecule has 1 saturated carbocycles. The van der Waals surface area contributed by atoms with Gasteiger partial charge in [0, 0.05) is 30.2 Å². The summed E-state index contributed by atoms with van der Waals surface area (Å²) in [6.45, 7) is 2.45. The van der Waals surface area contributed by atoms with Crippen molar-refractivity contribution in [2.75, 3.05) is 19.8 Å². The number of hydrogen-bond acceptors (Lipinski definition) is 2. The van der Waals surface area contributed by atoms with Gasteiger partial charge in [0.25, 0.3) is 0 Å². The molecule has 0 amide bonds. The zero-order chi connectivity index (χ0) is 14.0. The Kier molecular flexibility index (Phi) is 4.34. The molecule has 1 heterocycles. The first-order valence-electron chi connectivity index (χ1n) is 7.83. The summed E-state index contributed by atoms with van der Waals surface area (Å²) in [5.41, 5.74) is 8.89. The molecule has 0 bridgehead atoms. The van der Waals surface area contributed by atoms with Gasteiger partial charge in [-0.3, -0.25) is 0 Å². The fourth-order valence-corrected chi connectivity index (χ4v) is 4.19. The van der Waals surface area contributed by atoms with Crippen molar-refractivity contribution in [3.63, 3.8) is 0 Å². The Morgan fingerprint density at radius 2 is 1.90 bits per heavy atom. The molecule has 3 heteroatoms. The Balaban J connectivity index is 1.86. The van der Waals surface area contributed by atoms with E-state index in [0.717, 1.165) is 37.6 Å². The zero-order valence-electron chi connectivity index (χ0n) is 12.0. The molecule has 0 spiro atoms. The second-order valence-electron chi connectivity index (χ2n) is 6.31. The molecule has 0 atom stereocenters. The second kappa shape index (κ2) is 6.05. The van der Waals surface area contributed by atoms with Crippen molar-refractivity contribution in [1.29, 1.82) is 0 Å². The van der Waals surface area contributed by atoms with E-state index in [9.17, 15) is 0 Å². The van der Waals surface area contributed by atoms with Crippen molar-refractivity contribution >= 4 is 11.6 Å². The number of nitrogens with two attached hydrogens (primary N) is 1. The van der Waals surface area contributed by atoms with Gasteiger partial charge in [-0.1, -0.05) is 36.6 Å². The smallest absolute Gasteiger partial charge is 0.0471 e. The van der Waals surface area contributed by atoms with Crippen molar-refractivity contribution in [3.05, 3.63) is 34.3 Å². The lowest BCUT2D eigenvalue weighted by atomic mass is 9.78. The van der Waals surface area contributed by atoms with E-state index in [1.807, 2.05) is 0 Å². The van der Waals surface area contributed by atoms with Gasteiger partial charge in [-0.15, -0.1) is 0 Å². The average Bonchev–Trinajstić information content (AvgIpc) is 2.98. The summed E-state index contributed by atoms with van der Waals surface area (Å²) < 4.78 is 5.44. The first-order chi connectivity index (χ1) is 9.75. The summed E-state index contributed by atoms with van der Waals surface area (Å²) in [5.74, 6) is 0.558. The third-order valence-electron chi connectivity index (χ3n) is 5.23. The van der Waals surface area contributed by atoms with E-state index < -0.39 is 0 Å². The molecule has 0 unspecified atom stereocenters. The average molecular weight is 294 g/mol. The predicted molar refractivity (Wildman–Crippen MR) is 83.4 cm³/mol. The highest BCUT2D eigenvalue weighted by Gasteiger charge is 2.34. The molecule has 20 heavy (non-hydrogen) atoms. The van der Waals surface area contributed by atoms with E-state index in [-0.39, 0.29) is 5.41 Å². The molecule has 3 rings (SSSR count). The quantitative estimate of drug-likeness (QED) is 0.914. The maximum absolute atomic E-state index is 6.58. The minimum absolute atomic E-state index is 0.178. The molecule has 1 aromatic rings. The zero-order valence-corrected chi connectivity index (χ0v) is 12.8. The first-order valence-corrected chi connectivity index (χ1v) is 8.21. The van der Waals surface area contributed by atoms with E-state index in [0.29, 0.717) is 5.92 Å². The Labute approximate surface area is 126 Å². The number of hydrogen-bond donors (Lipinski definition) is 1. The summed E-state index contributed by atoms with van der Waals surface area (Å²) in [5, 5.41) is 0.925. The lowest BCUT2D eigenvalue weighted by Crippen LogP contribution is -2.32. The van der Waals surface area contributed by atoms with Crippen molar-refractivity contribution in [1.82, 2.24) is 0 Å². The van der Waals surface area contributed by atoms with Crippen LogP contribution in [0.5, 0.6) is 0 Å². The van der Waals surface area contributed by atoms with Gasteiger partial charge in [0.2, 0.25) is 0 Å². The lowest BCUT2D eigenvalue weighted by Gasteiger charge is -2.29. The van der Waals surface area contributed by atoms with Gasteiger partial charge < -0.3 is 10.5 Å². The molecule has 2 fully saturated rings. The SMILES string of the molecule is NCC1(c2ccc(C3CCOCC3)c(Cl)c2)CCCC1. The molecule has 0 aromatic heterocycles. The fraction of sp³-hybridized carbons (Fsp3) is 0.647. The van der Waals surface area contributed by atoms with Crippen molar-refractivity contribution in [3.8, 4) is 0 Å². The molecular formula is C17H24ClNO. The molecule has 1 aromatic carbocycles. The van der Waals surface area contributed by atoms with E-state index in [1.165, 1.54) is 36.8 Å². The van der Waals surface area contributed by atoms with Crippen LogP contribution in [0.15, 0.2) is 18.2 Å². The number of halogens is 1. The topological polar surface area (TPSA) is 35.2 Å². The minimum atomic E-state index is 0.178. The van der Waals surface area contributed by atoms with Crippen LogP contribution in [0.3, 0.4) is 0 Å². The highest BCUT2D eigenvalue weighted by molar-refractivity contribution is 6.31. The normalized spacial score (nSPS) is 23.1. The van der Waals surface area contributed by atoms with Crippen LogP contribution < -0.4 is 5.73 Å². The predicted octanol–water partition coefficient (Wildman–Crippen LogP) is 4.00. The number of benzene rings is 1. The Morgan fingerprint density at radius 1 is 1.20 bits per heavy atom. The largest absolute Gasteiger partial charge is 0.381 e. The minimum Gasteiger partial charge on any atom is -0.381 e. The Bertz CT molecular complexity index is 462. The van der Waals surface area contributed by atoms with E-state index in [1.54, 1.807) is 0 Å². The van der Waals surface area contributed by atoms with Gasteiger partial charge in [-0.25, -0.2) is 0 Å². The summed E-state index contributed by atoms with van der Waals surface area (Å²) in [4.78, 5) is 0. The van der Waals surface area contributed by atoms with Gasteiger partial charge in [0.15, 0.2) is 0 Å². The Morgan fingerprint density at radius 3 is 2.50 bits per heavy atom. The molecular weight excluding hydrogens is 270 g/mol. The van der Waals surface area contributed by atoms with Crippen molar-refractivity contribution < 1.29 is 4.74 Å². The maximum Gasteiger partial charge on any atom is 0.0471 e. The van der Waals surface area contributed by atoms with Crippen LogP contribution in [0.25, 0.3) is 0 Å². The molecule has 2 nitrogen and oxygen atoms in total. The van der Waals surface area contributed by atoms with Gasteiger partial charge in [-0.05, 0) is 48.8 Å². The van der Waals surface area contributed by atoms with Crippen LogP contribution in [0.4, 0.5) is 0 Å². The number of rotatable bonds is 3. The summed E-state index contributed by atoms with van der Waals surface area (Å²) in [7, 11) is 0. The van der Waals surface area contributed by atoms with Crippen molar-refractivity contribution in [2.45, 2.75) is 49.9 Å². The van der Waals surface area contributed by atoms with Crippen LogP contribution in [-0.4, -0.2) is 19.8 Å². The molecule has 1 aliphatic heterocycles. The summed E-state index contributed by atoms with van der Waals surface area (Å²) in [6, 6.07) is 6.70. The molecule has 2 N–H and O–H groups in total. The first kappa shape index (κ1) is 14.4. The monoisotopic (exact) mass is 293 g/mol. The van der Waals surface area contributed by atoms with Gasteiger partial charge in [-0.2, -0.15) is 0 Å². The van der Waals surface area contributed by atoms with Crippen LogP contribution in [-0.2, 0) is 10.2 Å². The van der Waals surface area contributed by atoms with E-state index >= 15 is 0 Å². The summed E-state index contributed by atoms with van der Waals surface area (Å²) in [6.07, 6.45) is 7.15. The molecule has 1 aliphatic carbocycles. The summed E-state index contributed by atoms with van der Waals surface area (Å²) >= 11 is 6.58. The molecule has 1 saturated heterocycles. The Hall–Kier alpha value is -0.570. The molecule has 0 radical (unpaired) electrons. The molecule has 110 valence electrons. The standard InChI is InChI=1S/C17H24ClNO/c18-16-11-14(17(12-19)7-1-2-8-17)3-4-15(16)13-5-9-20-10-6-13/h3-4,11,13H,1-2,5-10,12,19H2. The fourth-order valence-electron chi connectivity index (χ4n) is 3.86. The highest BCUT2D eigenvalue weighted by atomic mass is 35.5. The lowest BCUT2D eigenvalue weighted by molar-refractivity contribution is 0.0853. The van der Waals surface area contributed by atoms with Crippen molar-refractivity contribution in [2.24, 2.45) is 5.73 Å². The maximum atomic E-state index is 6.58. The van der Waals surface area contributed by atoms with Gasteiger partial charge in [0.1, 0.15) is 0 Å². The van der Waals surface area contributed by atoms with Gasteiger partial charge >= 0.3 is 0 Å². The van der Waals surface area contributed by atoms with Crippen LogP contribution in [0, 0.1) is 0 Å². The third kappa shape index (κ3) is 2.61. The van der Waals surface area contributed by atoms with Gasteiger partial charge in [0.05, 0.1) is 0 Å². The number of ether oxygens (including phenoxy) is 1.